The van der Waals surface area contributed by atoms with Crippen molar-refractivity contribution < 1.29 is 4.52 Å². The number of likely N-dealkylation sites (N-methyl/N-ethyl adjacent to an activating group) is 1. The minimum Gasteiger partial charge on any atom is -0.339 e. The van der Waals surface area contributed by atoms with Crippen LogP contribution in [0.5, 0.6) is 0 Å². The maximum absolute atomic E-state index is 5.71. The maximum atomic E-state index is 5.71. The van der Waals surface area contributed by atoms with Crippen LogP contribution in [-0.2, 0) is 11.8 Å². The maximum Gasteiger partial charge on any atom is 0.232 e. The van der Waals surface area contributed by atoms with Crippen LogP contribution in [0.2, 0.25) is 0 Å². The van der Waals surface area contributed by atoms with E-state index < -0.39 is 0 Å². The van der Waals surface area contributed by atoms with Crippen LogP contribution in [0.15, 0.2) is 4.52 Å². The van der Waals surface area contributed by atoms with Crippen LogP contribution in [0.25, 0.3) is 0 Å². The fourth-order valence-electron chi connectivity index (χ4n) is 5.30. The Labute approximate surface area is 120 Å². The average Bonchev–Trinajstić information content (AvgIpc) is 2.86. The van der Waals surface area contributed by atoms with E-state index in [1.165, 1.54) is 38.5 Å². The van der Waals surface area contributed by atoms with Gasteiger partial charge in [-0.1, -0.05) is 5.16 Å². The smallest absolute Gasteiger partial charge is 0.232 e. The highest BCUT2D eigenvalue weighted by atomic mass is 16.5. The zero-order valence-corrected chi connectivity index (χ0v) is 12.6. The minimum atomic E-state index is 0.239. The third-order valence-corrected chi connectivity index (χ3v) is 5.94. The van der Waals surface area contributed by atoms with E-state index in [-0.39, 0.29) is 5.41 Å². The summed E-state index contributed by atoms with van der Waals surface area (Å²) in [5.41, 5.74) is 0.239. The van der Waals surface area contributed by atoms with E-state index >= 15 is 0 Å². The van der Waals surface area contributed by atoms with Crippen LogP contribution in [0.4, 0.5) is 0 Å². The molecular weight excluding hydrogens is 250 g/mol. The summed E-state index contributed by atoms with van der Waals surface area (Å²) in [6, 6.07) is 0.400. The molecule has 4 nitrogen and oxygen atoms in total. The first-order chi connectivity index (χ1) is 9.67. The van der Waals surface area contributed by atoms with E-state index in [0.717, 1.165) is 35.9 Å². The Balaban J connectivity index is 1.58. The van der Waals surface area contributed by atoms with Gasteiger partial charge in [0.2, 0.25) is 5.89 Å². The molecule has 1 aromatic rings. The standard InChI is InChI=1S/C16H25N3O/c1-10(17-2)3-14-18-15(20-19-14)16-7-11-4-12(8-16)6-13(5-11)9-16/h10-13,17H,3-9H2,1-2H3. The predicted octanol–water partition coefficient (Wildman–Crippen LogP) is 2.69. The van der Waals surface area contributed by atoms with Crippen molar-refractivity contribution in [3.63, 3.8) is 0 Å². The minimum absolute atomic E-state index is 0.239. The number of hydrogen-bond donors (Lipinski definition) is 1. The molecule has 0 radical (unpaired) electrons. The molecule has 0 aliphatic heterocycles. The molecule has 1 heterocycles. The van der Waals surface area contributed by atoms with Crippen molar-refractivity contribution >= 4 is 0 Å². The second kappa shape index (κ2) is 4.55. The second-order valence-corrected chi connectivity index (χ2v) is 7.61. The number of nitrogens with one attached hydrogen (secondary N) is 1. The van der Waals surface area contributed by atoms with Gasteiger partial charge in [-0.15, -0.1) is 0 Å². The average molecular weight is 275 g/mol. The number of nitrogens with zero attached hydrogens (tertiary/aromatic N) is 2. The molecular formula is C16H25N3O. The second-order valence-electron chi connectivity index (χ2n) is 7.61. The summed E-state index contributed by atoms with van der Waals surface area (Å²) in [4.78, 5) is 4.77. The Morgan fingerprint density at radius 2 is 1.80 bits per heavy atom. The van der Waals surface area contributed by atoms with Crippen molar-refractivity contribution in [3.8, 4) is 0 Å². The van der Waals surface area contributed by atoms with Crippen molar-refractivity contribution in [1.29, 1.82) is 0 Å². The molecule has 4 heteroatoms. The quantitative estimate of drug-likeness (QED) is 0.918. The zero-order chi connectivity index (χ0) is 13.7. The van der Waals surface area contributed by atoms with E-state index in [9.17, 15) is 0 Å². The molecule has 0 aromatic carbocycles. The highest BCUT2D eigenvalue weighted by Gasteiger charge is 2.54. The summed E-state index contributed by atoms with van der Waals surface area (Å²) in [6.07, 6.45) is 9.10. The van der Waals surface area contributed by atoms with Gasteiger partial charge in [-0.3, -0.25) is 0 Å². The third kappa shape index (κ3) is 2.00. The summed E-state index contributed by atoms with van der Waals surface area (Å²) in [7, 11) is 1.98. The highest BCUT2D eigenvalue weighted by molar-refractivity contribution is 5.15. The lowest BCUT2D eigenvalue weighted by atomic mass is 9.49. The fraction of sp³-hybridized carbons (Fsp3) is 0.875. The van der Waals surface area contributed by atoms with Gasteiger partial charge in [0.1, 0.15) is 0 Å². The molecule has 0 saturated heterocycles. The largest absolute Gasteiger partial charge is 0.339 e. The van der Waals surface area contributed by atoms with Crippen LogP contribution >= 0.6 is 0 Å². The van der Waals surface area contributed by atoms with Gasteiger partial charge in [-0.25, -0.2) is 0 Å². The summed E-state index contributed by atoms with van der Waals surface area (Å²) in [5, 5.41) is 7.47. The first kappa shape index (κ1) is 12.8. The molecule has 1 aromatic heterocycles. The van der Waals surface area contributed by atoms with E-state index in [0.29, 0.717) is 6.04 Å². The molecule has 0 spiro atoms. The molecule has 4 saturated carbocycles. The molecule has 4 fully saturated rings. The van der Waals surface area contributed by atoms with Crippen molar-refractivity contribution in [2.75, 3.05) is 7.05 Å². The Bertz CT molecular complexity index is 460. The van der Waals surface area contributed by atoms with Gasteiger partial charge in [-0.2, -0.15) is 4.98 Å². The molecule has 1 unspecified atom stereocenters. The topological polar surface area (TPSA) is 51.0 Å². The molecule has 5 rings (SSSR count). The van der Waals surface area contributed by atoms with Crippen LogP contribution in [0.3, 0.4) is 0 Å². The van der Waals surface area contributed by atoms with E-state index in [1.807, 2.05) is 7.05 Å². The lowest BCUT2D eigenvalue weighted by molar-refractivity contribution is -0.0201. The van der Waals surface area contributed by atoms with Gasteiger partial charge in [-0.05, 0) is 70.3 Å². The Kier molecular flexibility index (Phi) is 2.92. The normalized spacial score (nSPS) is 40.2. The van der Waals surface area contributed by atoms with Crippen LogP contribution < -0.4 is 5.32 Å². The molecule has 1 N–H and O–H groups in total. The Morgan fingerprint density at radius 3 is 2.35 bits per heavy atom. The van der Waals surface area contributed by atoms with E-state index in [1.54, 1.807) is 0 Å². The first-order valence-electron chi connectivity index (χ1n) is 8.17. The molecule has 4 bridgehead atoms. The van der Waals surface area contributed by atoms with Crippen LogP contribution in [0.1, 0.15) is 57.2 Å². The van der Waals surface area contributed by atoms with Gasteiger partial charge in [0.15, 0.2) is 5.82 Å². The zero-order valence-electron chi connectivity index (χ0n) is 12.6. The Hall–Kier alpha value is -0.900. The SMILES string of the molecule is CNC(C)Cc1noc(C23CC4CC(CC(C4)C2)C3)n1. The molecule has 4 aliphatic carbocycles. The Morgan fingerprint density at radius 1 is 1.20 bits per heavy atom. The van der Waals surface area contributed by atoms with Crippen LogP contribution in [0, 0.1) is 17.8 Å². The summed E-state index contributed by atoms with van der Waals surface area (Å²) in [5.74, 6) is 4.60. The molecule has 0 amide bonds. The van der Waals surface area contributed by atoms with Gasteiger partial charge >= 0.3 is 0 Å². The number of hydrogen-bond acceptors (Lipinski definition) is 4. The number of aromatic nitrogens is 2. The predicted molar refractivity (Wildman–Crippen MR) is 76.4 cm³/mol. The molecule has 110 valence electrons. The highest BCUT2D eigenvalue weighted by Crippen LogP contribution is 2.60. The first-order valence-corrected chi connectivity index (χ1v) is 8.17. The lowest BCUT2D eigenvalue weighted by Crippen LogP contribution is -2.48. The van der Waals surface area contributed by atoms with E-state index in [2.05, 4.69) is 17.4 Å². The number of rotatable bonds is 4. The monoisotopic (exact) mass is 275 g/mol. The molecule has 20 heavy (non-hydrogen) atoms. The van der Waals surface area contributed by atoms with Crippen molar-refractivity contribution in [2.45, 2.75) is 63.3 Å². The van der Waals surface area contributed by atoms with E-state index in [4.69, 9.17) is 9.51 Å². The fourth-order valence-corrected chi connectivity index (χ4v) is 5.30. The molecule has 1 atom stereocenters. The van der Waals surface area contributed by atoms with Gasteiger partial charge in [0.25, 0.3) is 0 Å². The van der Waals surface area contributed by atoms with Crippen molar-refractivity contribution in [2.24, 2.45) is 17.8 Å². The van der Waals surface area contributed by atoms with Crippen molar-refractivity contribution in [3.05, 3.63) is 11.7 Å². The summed E-state index contributed by atoms with van der Waals surface area (Å²) < 4.78 is 5.71. The summed E-state index contributed by atoms with van der Waals surface area (Å²) in [6.45, 7) is 2.15. The lowest BCUT2D eigenvalue weighted by Gasteiger charge is -2.55. The van der Waals surface area contributed by atoms with Crippen molar-refractivity contribution in [1.82, 2.24) is 15.5 Å². The van der Waals surface area contributed by atoms with Crippen LogP contribution in [-0.4, -0.2) is 23.2 Å². The third-order valence-electron chi connectivity index (χ3n) is 5.94. The molecule has 4 aliphatic rings. The van der Waals surface area contributed by atoms with Gasteiger partial charge in [0, 0.05) is 12.5 Å². The van der Waals surface area contributed by atoms with Gasteiger partial charge in [0.05, 0.1) is 5.41 Å². The summed E-state index contributed by atoms with van der Waals surface area (Å²) >= 11 is 0. The van der Waals surface area contributed by atoms with Gasteiger partial charge < -0.3 is 9.84 Å².